The summed E-state index contributed by atoms with van der Waals surface area (Å²) >= 11 is 1.75. The third-order valence-corrected chi connectivity index (χ3v) is 5.11. The van der Waals surface area contributed by atoms with Gasteiger partial charge in [0.1, 0.15) is 0 Å². The quantitative estimate of drug-likeness (QED) is 0.823. The Hall–Kier alpha value is -1.08. The number of hydrogen-bond donors (Lipinski definition) is 2. The van der Waals surface area contributed by atoms with E-state index < -0.39 is 0 Å². The number of benzene rings is 1. The fourth-order valence-corrected chi connectivity index (χ4v) is 3.77. The highest BCUT2D eigenvalue weighted by Crippen LogP contribution is 2.30. The largest absolute Gasteiger partial charge is 0.353 e. The summed E-state index contributed by atoms with van der Waals surface area (Å²) < 4.78 is 1.24. The number of para-hydroxylation sites is 1. The molecule has 1 fully saturated rings. The summed E-state index contributed by atoms with van der Waals surface area (Å²) in [4.78, 5) is 18.8. The Kier molecular flexibility index (Phi) is 8.76. The van der Waals surface area contributed by atoms with E-state index in [1.165, 1.54) is 4.70 Å². The van der Waals surface area contributed by atoms with Crippen LogP contribution in [0.4, 0.5) is 5.13 Å². The molecule has 0 spiro atoms. The molecule has 1 aliphatic heterocycles. The van der Waals surface area contributed by atoms with Gasteiger partial charge in [-0.15, -0.1) is 24.8 Å². The zero-order valence-electron chi connectivity index (χ0n) is 13.7. The van der Waals surface area contributed by atoms with Crippen LogP contribution in [-0.2, 0) is 4.79 Å². The first-order chi connectivity index (χ1) is 10.8. The van der Waals surface area contributed by atoms with Crippen LogP contribution in [0, 0.1) is 0 Å². The average Bonchev–Trinajstić information content (AvgIpc) is 2.97. The minimum absolute atomic E-state index is 0. The third kappa shape index (κ3) is 5.21. The van der Waals surface area contributed by atoms with Gasteiger partial charge in [0.2, 0.25) is 5.91 Å². The lowest BCUT2D eigenvalue weighted by atomic mass is 10.1. The standard InChI is InChI=1S/C16H22N4OS.2ClH/c1-17-9-6-15(21)18-12-7-10-20(11-8-12)16-19-13-4-2-3-5-14(13)22-16;;/h2-5,12,17H,6-11H2,1H3,(H,18,21);2*1H. The van der Waals surface area contributed by atoms with Gasteiger partial charge in [0.15, 0.2) is 5.13 Å². The van der Waals surface area contributed by atoms with Crippen LogP contribution in [0.2, 0.25) is 0 Å². The molecule has 0 atom stereocenters. The molecule has 2 aromatic rings. The van der Waals surface area contributed by atoms with Crippen LogP contribution >= 0.6 is 36.2 Å². The van der Waals surface area contributed by atoms with Crippen molar-refractivity contribution in [3.63, 3.8) is 0 Å². The maximum absolute atomic E-state index is 11.8. The molecule has 0 unspecified atom stereocenters. The number of rotatable bonds is 5. The average molecular weight is 391 g/mol. The second-order valence-corrected chi connectivity index (χ2v) is 6.66. The highest BCUT2D eigenvalue weighted by atomic mass is 35.5. The molecule has 24 heavy (non-hydrogen) atoms. The molecule has 2 heterocycles. The Balaban J connectivity index is 0.00000144. The van der Waals surface area contributed by atoms with Crippen molar-refractivity contribution in [1.82, 2.24) is 15.6 Å². The molecular weight excluding hydrogens is 367 g/mol. The Morgan fingerprint density at radius 3 is 2.67 bits per heavy atom. The number of amides is 1. The summed E-state index contributed by atoms with van der Waals surface area (Å²) in [6, 6.07) is 8.56. The minimum atomic E-state index is 0. The zero-order valence-corrected chi connectivity index (χ0v) is 16.1. The number of thiazole rings is 1. The van der Waals surface area contributed by atoms with E-state index in [1.54, 1.807) is 11.3 Å². The van der Waals surface area contributed by atoms with Crippen molar-refractivity contribution >= 4 is 57.4 Å². The van der Waals surface area contributed by atoms with Gasteiger partial charge in [-0.05, 0) is 32.0 Å². The molecule has 0 bridgehead atoms. The molecule has 8 heteroatoms. The van der Waals surface area contributed by atoms with Gasteiger partial charge in [-0.1, -0.05) is 23.5 Å². The van der Waals surface area contributed by atoms with Crippen molar-refractivity contribution in [1.29, 1.82) is 0 Å². The molecule has 2 N–H and O–H groups in total. The van der Waals surface area contributed by atoms with Gasteiger partial charge >= 0.3 is 0 Å². The van der Waals surface area contributed by atoms with Gasteiger partial charge in [0.05, 0.1) is 10.2 Å². The maximum Gasteiger partial charge on any atom is 0.221 e. The number of piperidine rings is 1. The first-order valence-electron chi connectivity index (χ1n) is 7.81. The molecule has 5 nitrogen and oxygen atoms in total. The third-order valence-electron chi connectivity index (χ3n) is 4.02. The van der Waals surface area contributed by atoms with Crippen LogP contribution in [0.15, 0.2) is 24.3 Å². The van der Waals surface area contributed by atoms with Crippen LogP contribution in [0.25, 0.3) is 10.2 Å². The highest BCUT2D eigenvalue weighted by molar-refractivity contribution is 7.22. The van der Waals surface area contributed by atoms with Crippen LogP contribution in [0.3, 0.4) is 0 Å². The van der Waals surface area contributed by atoms with E-state index in [4.69, 9.17) is 4.98 Å². The Morgan fingerprint density at radius 1 is 1.29 bits per heavy atom. The second-order valence-electron chi connectivity index (χ2n) is 5.65. The number of halogens is 2. The SMILES string of the molecule is CNCCC(=O)NC1CCN(c2nc3ccccc3s2)CC1.Cl.Cl. The first-order valence-corrected chi connectivity index (χ1v) is 8.62. The summed E-state index contributed by atoms with van der Waals surface area (Å²) in [5.41, 5.74) is 1.07. The van der Waals surface area contributed by atoms with Gasteiger partial charge in [0.25, 0.3) is 0 Å². The fourth-order valence-electron chi connectivity index (χ4n) is 2.75. The van der Waals surface area contributed by atoms with E-state index in [1.807, 2.05) is 13.1 Å². The topological polar surface area (TPSA) is 57.3 Å². The molecule has 3 rings (SSSR count). The molecular formula is C16H24Cl2N4OS. The number of fused-ring (bicyclic) bond motifs is 1. The Bertz CT molecular complexity index is 611. The number of nitrogens with zero attached hydrogens (tertiary/aromatic N) is 2. The normalized spacial score (nSPS) is 14.8. The summed E-state index contributed by atoms with van der Waals surface area (Å²) in [7, 11) is 1.86. The predicted octanol–water partition coefficient (Wildman–Crippen LogP) is 2.83. The number of carbonyl (C=O) groups is 1. The Morgan fingerprint density at radius 2 is 2.00 bits per heavy atom. The lowest BCUT2D eigenvalue weighted by Crippen LogP contribution is -2.45. The number of hydrogen-bond acceptors (Lipinski definition) is 5. The number of anilines is 1. The Labute approximate surface area is 159 Å². The van der Waals surface area contributed by atoms with Crippen molar-refractivity contribution < 1.29 is 4.79 Å². The molecule has 0 saturated carbocycles. The monoisotopic (exact) mass is 390 g/mol. The van der Waals surface area contributed by atoms with Crippen molar-refractivity contribution in [3.05, 3.63) is 24.3 Å². The first kappa shape index (κ1) is 21.0. The van der Waals surface area contributed by atoms with Gasteiger partial charge in [0, 0.05) is 32.1 Å². The summed E-state index contributed by atoms with van der Waals surface area (Å²) in [5.74, 6) is 0.146. The number of carbonyl (C=O) groups excluding carboxylic acids is 1. The summed E-state index contributed by atoms with van der Waals surface area (Å²) in [5, 5.41) is 7.23. The van der Waals surface area contributed by atoms with E-state index in [9.17, 15) is 4.79 Å². The van der Waals surface area contributed by atoms with Gasteiger partial charge < -0.3 is 15.5 Å². The van der Waals surface area contributed by atoms with Crippen molar-refractivity contribution in [2.24, 2.45) is 0 Å². The molecule has 1 aliphatic rings. The molecule has 1 aromatic carbocycles. The van der Waals surface area contributed by atoms with Crippen LogP contribution in [0.1, 0.15) is 19.3 Å². The molecule has 1 amide bonds. The summed E-state index contributed by atoms with van der Waals surface area (Å²) in [6.45, 7) is 2.64. The second kappa shape index (κ2) is 10.0. The lowest BCUT2D eigenvalue weighted by Gasteiger charge is -2.32. The summed E-state index contributed by atoms with van der Waals surface area (Å²) in [6.07, 6.45) is 2.52. The van der Waals surface area contributed by atoms with Crippen molar-refractivity contribution in [2.75, 3.05) is 31.6 Å². The van der Waals surface area contributed by atoms with Gasteiger partial charge in [-0.25, -0.2) is 4.98 Å². The van der Waals surface area contributed by atoms with Crippen LogP contribution in [0.5, 0.6) is 0 Å². The van der Waals surface area contributed by atoms with Crippen molar-refractivity contribution in [3.8, 4) is 0 Å². The molecule has 134 valence electrons. The predicted molar refractivity (Wildman–Crippen MR) is 106 cm³/mol. The van der Waals surface area contributed by atoms with E-state index in [0.717, 1.165) is 43.1 Å². The minimum Gasteiger partial charge on any atom is -0.353 e. The maximum atomic E-state index is 11.8. The van der Waals surface area contributed by atoms with E-state index in [0.29, 0.717) is 12.5 Å². The molecule has 0 radical (unpaired) electrons. The van der Waals surface area contributed by atoms with Crippen molar-refractivity contribution in [2.45, 2.75) is 25.3 Å². The number of aromatic nitrogens is 1. The molecule has 1 saturated heterocycles. The number of nitrogens with one attached hydrogen (secondary N) is 2. The molecule has 1 aromatic heterocycles. The molecule has 0 aliphatic carbocycles. The van der Waals surface area contributed by atoms with Gasteiger partial charge in [-0.3, -0.25) is 4.79 Å². The van der Waals surface area contributed by atoms with E-state index in [-0.39, 0.29) is 30.7 Å². The van der Waals surface area contributed by atoms with Gasteiger partial charge in [-0.2, -0.15) is 0 Å². The van der Waals surface area contributed by atoms with Crippen LogP contribution in [-0.4, -0.2) is 43.6 Å². The smallest absolute Gasteiger partial charge is 0.221 e. The fraction of sp³-hybridized carbons (Fsp3) is 0.500. The zero-order chi connectivity index (χ0) is 15.4. The highest BCUT2D eigenvalue weighted by Gasteiger charge is 2.22. The van der Waals surface area contributed by atoms with Crippen LogP contribution < -0.4 is 15.5 Å². The van der Waals surface area contributed by atoms with E-state index in [2.05, 4.69) is 33.7 Å². The lowest BCUT2D eigenvalue weighted by molar-refractivity contribution is -0.121. The van der Waals surface area contributed by atoms with E-state index >= 15 is 0 Å².